The maximum atomic E-state index is 12.3. The molecule has 3 aliphatic rings. The second-order valence-corrected chi connectivity index (χ2v) is 8.79. The number of esters is 1. The van der Waals surface area contributed by atoms with Crippen LogP contribution in [0.3, 0.4) is 0 Å². The minimum absolute atomic E-state index is 0.0883. The highest BCUT2D eigenvalue weighted by Gasteiger charge is 2.20. The molecule has 1 aliphatic carbocycles. The Morgan fingerprint density at radius 2 is 1.78 bits per heavy atom. The van der Waals surface area contributed by atoms with Gasteiger partial charge in [0, 0.05) is 13.0 Å². The van der Waals surface area contributed by atoms with Crippen LogP contribution in [0.5, 0.6) is 0 Å². The van der Waals surface area contributed by atoms with E-state index >= 15 is 0 Å². The molecule has 0 unspecified atom stereocenters. The quantitative estimate of drug-likeness (QED) is 0.327. The Kier molecular flexibility index (Phi) is 6.67. The number of aryl methyl sites for hydroxylation is 3. The number of fused-ring (bicyclic) bond motifs is 2. The van der Waals surface area contributed by atoms with Crippen molar-refractivity contribution in [3.05, 3.63) is 44.1 Å². The minimum atomic E-state index is -0.665. The lowest BCUT2D eigenvalue weighted by molar-refractivity contribution is -0.148. The van der Waals surface area contributed by atoms with Crippen LogP contribution in [0.4, 0.5) is 0 Å². The Balaban J connectivity index is 1.43. The molecule has 8 heteroatoms. The molecule has 0 aromatic heterocycles. The third-order valence-electron chi connectivity index (χ3n) is 6.34. The van der Waals surface area contributed by atoms with E-state index in [0.717, 1.165) is 68.0 Å². The van der Waals surface area contributed by atoms with Gasteiger partial charge in [0.05, 0.1) is 11.0 Å². The second-order valence-electron chi connectivity index (χ2n) is 8.79. The lowest BCUT2D eigenvalue weighted by Gasteiger charge is -2.17. The molecule has 0 radical (unpaired) electrons. The number of carbonyl (C=O) groups excluding carboxylic acids is 1. The average Bonchev–Trinajstić information content (AvgIpc) is 3.24. The zero-order valence-corrected chi connectivity index (χ0v) is 18.8. The van der Waals surface area contributed by atoms with Crippen molar-refractivity contribution < 1.29 is 9.53 Å². The summed E-state index contributed by atoms with van der Waals surface area (Å²) in [5.41, 5.74) is 2.76. The van der Waals surface area contributed by atoms with Crippen molar-refractivity contribution in [2.75, 3.05) is 0 Å². The fourth-order valence-corrected chi connectivity index (χ4v) is 4.42. The van der Waals surface area contributed by atoms with Crippen LogP contribution >= 0.6 is 0 Å². The fourth-order valence-electron chi connectivity index (χ4n) is 4.42. The first-order chi connectivity index (χ1) is 15.4. The molecule has 1 N–H and O–H groups in total. The van der Waals surface area contributed by atoms with E-state index in [0.29, 0.717) is 24.3 Å². The molecule has 2 aliphatic heterocycles. The molecule has 8 nitrogen and oxygen atoms in total. The summed E-state index contributed by atoms with van der Waals surface area (Å²) in [6.07, 6.45) is 8.37. The van der Waals surface area contributed by atoms with Crippen LogP contribution in [0.2, 0.25) is 0 Å². The van der Waals surface area contributed by atoms with Gasteiger partial charge in [-0.3, -0.25) is 14.6 Å². The molecule has 0 atom stereocenters. The summed E-state index contributed by atoms with van der Waals surface area (Å²) in [6, 6.07) is 3.99. The van der Waals surface area contributed by atoms with Crippen molar-refractivity contribution in [1.29, 1.82) is 0 Å². The summed E-state index contributed by atoms with van der Waals surface area (Å²) in [6.45, 7) is 4.64. The Labute approximate surface area is 186 Å². The smallest absolute Gasteiger partial charge is 0.349 e. The van der Waals surface area contributed by atoms with E-state index in [4.69, 9.17) is 4.74 Å². The third kappa shape index (κ3) is 4.89. The van der Waals surface area contributed by atoms with Crippen LogP contribution in [0, 0.1) is 13.8 Å². The molecular weight excluding hydrogens is 408 g/mol. The molecule has 0 spiro atoms. The number of rotatable bonds is 8. The van der Waals surface area contributed by atoms with Gasteiger partial charge in [-0.1, -0.05) is 12.8 Å². The van der Waals surface area contributed by atoms with E-state index < -0.39 is 11.2 Å². The number of nitrogens with one attached hydrogen (secondary N) is 1. The van der Waals surface area contributed by atoms with Crippen molar-refractivity contribution in [2.45, 2.75) is 84.3 Å². The maximum Gasteiger partial charge on any atom is 0.349 e. The van der Waals surface area contributed by atoms with Gasteiger partial charge >= 0.3 is 11.7 Å². The van der Waals surface area contributed by atoms with Crippen molar-refractivity contribution in [3.8, 4) is 11.5 Å². The van der Waals surface area contributed by atoms with Crippen molar-refractivity contribution in [2.24, 2.45) is 0 Å². The molecule has 1 aromatic carbocycles. The Bertz CT molecular complexity index is 1210. The summed E-state index contributed by atoms with van der Waals surface area (Å²) < 4.78 is 7.43. The summed E-state index contributed by atoms with van der Waals surface area (Å²) in [7, 11) is 0. The van der Waals surface area contributed by atoms with Gasteiger partial charge in [0.2, 0.25) is 0 Å². The zero-order valence-electron chi connectivity index (χ0n) is 18.8. The fraction of sp³-hybridized carbons (Fsp3) is 0.542. The van der Waals surface area contributed by atoms with Gasteiger partial charge < -0.3 is 9.30 Å². The van der Waals surface area contributed by atoms with Crippen LogP contribution < -0.4 is 11.2 Å². The first kappa shape index (κ1) is 22.2. The molecule has 2 heterocycles. The second kappa shape index (κ2) is 9.63. The number of aromatic amines is 1. The minimum Gasteiger partial charge on any atom is -0.462 e. The van der Waals surface area contributed by atoms with Crippen LogP contribution in [-0.4, -0.2) is 31.6 Å². The van der Waals surface area contributed by atoms with E-state index in [1.54, 1.807) is 0 Å². The van der Waals surface area contributed by atoms with Crippen LogP contribution in [0.1, 0.15) is 68.9 Å². The average molecular weight is 439 g/mol. The number of hydrogen-bond donors (Lipinski definition) is 1. The number of aromatic nitrogens is 4. The first-order valence-corrected chi connectivity index (χ1v) is 11.5. The number of ether oxygens (including phenoxy) is 1. The number of H-pyrrole nitrogens is 1. The van der Waals surface area contributed by atoms with Crippen molar-refractivity contribution in [1.82, 2.24) is 19.5 Å². The highest BCUT2D eigenvalue weighted by atomic mass is 16.5. The maximum absolute atomic E-state index is 12.3. The van der Waals surface area contributed by atoms with E-state index in [1.165, 1.54) is 0 Å². The van der Waals surface area contributed by atoms with Gasteiger partial charge in [-0.2, -0.15) is 4.98 Å². The molecule has 170 valence electrons. The topological polar surface area (TPSA) is 107 Å². The summed E-state index contributed by atoms with van der Waals surface area (Å²) in [5.74, 6) is 0.226. The zero-order chi connectivity index (χ0) is 22.7. The first-order valence-electron chi connectivity index (χ1n) is 11.5. The van der Waals surface area contributed by atoms with E-state index in [2.05, 4.69) is 15.0 Å². The number of benzene rings is 1. The summed E-state index contributed by atoms with van der Waals surface area (Å²) in [5, 5.41) is 0. The Hall–Kier alpha value is -3.03. The molecule has 0 saturated heterocycles. The molecule has 1 fully saturated rings. The van der Waals surface area contributed by atoms with Gasteiger partial charge in [0.15, 0.2) is 11.5 Å². The summed E-state index contributed by atoms with van der Waals surface area (Å²) >= 11 is 0. The molecule has 4 rings (SSSR count). The molecule has 1 saturated carbocycles. The third-order valence-corrected chi connectivity index (χ3v) is 6.34. The molecular formula is C24H30N4O4. The van der Waals surface area contributed by atoms with Gasteiger partial charge in [0.1, 0.15) is 6.10 Å². The van der Waals surface area contributed by atoms with Gasteiger partial charge in [-0.05, 0) is 75.6 Å². The number of unbranched alkanes of at least 4 members (excludes halogenated alkanes) is 3. The molecule has 0 bridgehead atoms. The Morgan fingerprint density at radius 1 is 1.06 bits per heavy atom. The lowest BCUT2D eigenvalue weighted by Crippen LogP contribution is -2.29. The van der Waals surface area contributed by atoms with Gasteiger partial charge in [-0.25, -0.2) is 9.78 Å². The largest absolute Gasteiger partial charge is 0.462 e. The van der Waals surface area contributed by atoms with E-state index in [-0.39, 0.29) is 17.8 Å². The standard InChI is InChI=1S/C24H30N4O4/c1-15-13-18-19(14-16(15)2)28(22-21(25-18)23(30)27-24(31)26-22)12-8-4-3-5-11-20(29)32-17-9-6-7-10-17/h13-14,17H,3-12H2,1-2H3,(H,27,30,31). The monoisotopic (exact) mass is 438 g/mol. The normalized spacial score (nSPS) is 14.4. The van der Waals surface area contributed by atoms with E-state index in [9.17, 15) is 14.4 Å². The highest BCUT2D eigenvalue weighted by molar-refractivity contribution is 5.81. The number of carbonyl (C=O) groups is 1. The van der Waals surface area contributed by atoms with Crippen LogP contribution in [0.15, 0.2) is 21.7 Å². The van der Waals surface area contributed by atoms with Gasteiger partial charge in [0.25, 0.3) is 5.56 Å². The number of nitrogens with zero attached hydrogens (tertiary/aromatic N) is 3. The predicted octanol–water partition coefficient (Wildman–Crippen LogP) is 3.64. The van der Waals surface area contributed by atoms with Crippen molar-refractivity contribution in [3.63, 3.8) is 0 Å². The SMILES string of the molecule is Cc1cc2nc3c(=O)[nH]c(=O)nc-3n(CCCCCCC(=O)OC3CCCC3)c2cc1C. The Morgan fingerprint density at radius 3 is 2.56 bits per heavy atom. The van der Waals surface area contributed by atoms with Crippen molar-refractivity contribution >= 4 is 17.0 Å². The van der Waals surface area contributed by atoms with E-state index in [1.807, 2.05) is 30.5 Å². The highest BCUT2D eigenvalue weighted by Crippen LogP contribution is 2.25. The lowest BCUT2D eigenvalue weighted by atomic mass is 10.1. The number of hydrogen-bond acceptors (Lipinski definition) is 6. The summed E-state index contributed by atoms with van der Waals surface area (Å²) in [4.78, 5) is 46.9. The van der Waals surface area contributed by atoms with Crippen LogP contribution in [-0.2, 0) is 16.1 Å². The van der Waals surface area contributed by atoms with Crippen LogP contribution in [0.25, 0.3) is 22.6 Å². The predicted molar refractivity (Wildman–Crippen MR) is 122 cm³/mol. The van der Waals surface area contributed by atoms with Gasteiger partial charge in [-0.15, -0.1) is 0 Å². The molecule has 0 amide bonds. The molecule has 32 heavy (non-hydrogen) atoms. The molecule has 1 aromatic rings.